The zero-order valence-electron chi connectivity index (χ0n) is 12.8. The van der Waals surface area contributed by atoms with Gasteiger partial charge in [0.15, 0.2) is 0 Å². The van der Waals surface area contributed by atoms with Crippen molar-refractivity contribution in [3.8, 4) is 0 Å². The standard InChI is InChI=1S/C16H32O2/c1-5-7-8-9-10-11-14(3)12-15(4)13-16(17)18-6-2/h14-15H,5-13H2,1-4H3. The average molecular weight is 256 g/mol. The van der Waals surface area contributed by atoms with E-state index in [1.165, 1.54) is 38.5 Å². The van der Waals surface area contributed by atoms with E-state index in [1.54, 1.807) is 0 Å². The molecular weight excluding hydrogens is 224 g/mol. The van der Waals surface area contributed by atoms with Crippen LogP contribution in [0.2, 0.25) is 0 Å². The molecule has 0 aliphatic heterocycles. The Kier molecular flexibility index (Phi) is 11.2. The van der Waals surface area contributed by atoms with Crippen LogP contribution in [0.5, 0.6) is 0 Å². The lowest BCUT2D eigenvalue weighted by molar-refractivity contribution is -0.144. The molecule has 0 bridgehead atoms. The van der Waals surface area contributed by atoms with Crippen LogP contribution in [0.25, 0.3) is 0 Å². The van der Waals surface area contributed by atoms with Crippen LogP contribution in [-0.2, 0) is 9.53 Å². The van der Waals surface area contributed by atoms with Crippen LogP contribution in [0.15, 0.2) is 0 Å². The number of hydrogen-bond donors (Lipinski definition) is 0. The average Bonchev–Trinajstić information content (AvgIpc) is 2.28. The number of carbonyl (C=O) groups excluding carboxylic acids is 1. The van der Waals surface area contributed by atoms with E-state index in [1.807, 2.05) is 6.92 Å². The van der Waals surface area contributed by atoms with Crippen LogP contribution in [0, 0.1) is 11.8 Å². The molecule has 0 heterocycles. The predicted molar refractivity (Wildman–Crippen MR) is 77.6 cm³/mol. The summed E-state index contributed by atoms with van der Waals surface area (Å²) in [5, 5.41) is 0. The second-order valence-corrected chi connectivity index (χ2v) is 5.66. The van der Waals surface area contributed by atoms with Crippen molar-refractivity contribution < 1.29 is 9.53 Å². The summed E-state index contributed by atoms with van der Waals surface area (Å²) in [6.07, 6.45) is 9.79. The first-order valence-corrected chi connectivity index (χ1v) is 7.75. The Morgan fingerprint density at radius 1 is 1.00 bits per heavy atom. The topological polar surface area (TPSA) is 26.3 Å². The number of esters is 1. The Hall–Kier alpha value is -0.530. The van der Waals surface area contributed by atoms with E-state index in [9.17, 15) is 4.79 Å². The molecule has 0 aromatic carbocycles. The molecule has 0 aliphatic rings. The second kappa shape index (κ2) is 11.6. The van der Waals surface area contributed by atoms with Gasteiger partial charge in [-0.15, -0.1) is 0 Å². The van der Waals surface area contributed by atoms with Gasteiger partial charge in [-0.05, 0) is 25.2 Å². The van der Waals surface area contributed by atoms with Crippen molar-refractivity contribution in [1.82, 2.24) is 0 Å². The van der Waals surface area contributed by atoms with Gasteiger partial charge in [0.25, 0.3) is 0 Å². The molecule has 0 fully saturated rings. The molecule has 2 unspecified atom stereocenters. The first-order chi connectivity index (χ1) is 8.60. The van der Waals surface area contributed by atoms with Crippen molar-refractivity contribution in [3.05, 3.63) is 0 Å². The SMILES string of the molecule is CCCCCCCC(C)CC(C)CC(=O)OCC. The Labute approximate surface area is 113 Å². The van der Waals surface area contributed by atoms with Crippen LogP contribution < -0.4 is 0 Å². The van der Waals surface area contributed by atoms with Crippen LogP contribution in [-0.4, -0.2) is 12.6 Å². The highest BCUT2D eigenvalue weighted by atomic mass is 16.5. The van der Waals surface area contributed by atoms with Crippen molar-refractivity contribution in [1.29, 1.82) is 0 Å². The Balaban J connectivity index is 3.54. The molecule has 2 heteroatoms. The van der Waals surface area contributed by atoms with Crippen molar-refractivity contribution in [2.75, 3.05) is 6.61 Å². The van der Waals surface area contributed by atoms with E-state index in [0.717, 1.165) is 12.3 Å². The lowest BCUT2D eigenvalue weighted by Gasteiger charge is -2.16. The van der Waals surface area contributed by atoms with Gasteiger partial charge >= 0.3 is 5.97 Å². The number of rotatable bonds is 11. The van der Waals surface area contributed by atoms with Crippen LogP contribution >= 0.6 is 0 Å². The van der Waals surface area contributed by atoms with Crippen molar-refractivity contribution >= 4 is 5.97 Å². The quantitative estimate of drug-likeness (QED) is 0.385. The van der Waals surface area contributed by atoms with E-state index in [0.29, 0.717) is 18.9 Å². The van der Waals surface area contributed by atoms with Gasteiger partial charge in [0.2, 0.25) is 0 Å². The number of unbranched alkanes of at least 4 members (excludes halogenated alkanes) is 4. The highest BCUT2D eigenvalue weighted by Gasteiger charge is 2.13. The maximum atomic E-state index is 11.3. The third kappa shape index (κ3) is 10.6. The molecule has 0 saturated carbocycles. The number of carbonyl (C=O) groups is 1. The van der Waals surface area contributed by atoms with Gasteiger partial charge in [-0.3, -0.25) is 4.79 Å². The molecule has 108 valence electrons. The summed E-state index contributed by atoms with van der Waals surface area (Å²) >= 11 is 0. The molecular formula is C16H32O2. The summed E-state index contributed by atoms with van der Waals surface area (Å²) in [7, 11) is 0. The largest absolute Gasteiger partial charge is 0.466 e. The lowest BCUT2D eigenvalue weighted by atomic mass is 9.91. The maximum Gasteiger partial charge on any atom is 0.306 e. The zero-order chi connectivity index (χ0) is 13.8. The van der Waals surface area contributed by atoms with E-state index >= 15 is 0 Å². The predicted octanol–water partition coefficient (Wildman–Crippen LogP) is 4.96. The van der Waals surface area contributed by atoms with Gasteiger partial charge in [0.1, 0.15) is 0 Å². The fraction of sp³-hybridized carbons (Fsp3) is 0.938. The van der Waals surface area contributed by atoms with Crippen LogP contribution in [0.3, 0.4) is 0 Å². The minimum absolute atomic E-state index is 0.0415. The third-order valence-corrected chi connectivity index (χ3v) is 3.43. The summed E-state index contributed by atoms with van der Waals surface area (Å²) in [5.74, 6) is 1.14. The maximum absolute atomic E-state index is 11.3. The molecule has 18 heavy (non-hydrogen) atoms. The highest BCUT2D eigenvalue weighted by Crippen LogP contribution is 2.21. The number of ether oxygens (including phenoxy) is 1. The highest BCUT2D eigenvalue weighted by molar-refractivity contribution is 5.69. The Morgan fingerprint density at radius 2 is 1.67 bits per heavy atom. The van der Waals surface area contributed by atoms with E-state index < -0.39 is 0 Å². The zero-order valence-corrected chi connectivity index (χ0v) is 12.8. The van der Waals surface area contributed by atoms with E-state index in [-0.39, 0.29) is 5.97 Å². The molecule has 0 amide bonds. The fourth-order valence-electron chi connectivity index (χ4n) is 2.49. The third-order valence-electron chi connectivity index (χ3n) is 3.43. The first-order valence-electron chi connectivity index (χ1n) is 7.75. The molecule has 2 nitrogen and oxygen atoms in total. The molecule has 0 N–H and O–H groups in total. The first kappa shape index (κ1) is 17.5. The molecule has 0 radical (unpaired) electrons. The van der Waals surface area contributed by atoms with E-state index in [4.69, 9.17) is 4.74 Å². The smallest absolute Gasteiger partial charge is 0.306 e. The van der Waals surface area contributed by atoms with Crippen molar-refractivity contribution in [2.24, 2.45) is 11.8 Å². The van der Waals surface area contributed by atoms with Gasteiger partial charge in [-0.2, -0.15) is 0 Å². The Bertz CT molecular complexity index is 201. The molecule has 0 aromatic rings. The van der Waals surface area contributed by atoms with Gasteiger partial charge in [-0.1, -0.05) is 59.3 Å². The van der Waals surface area contributed by atoms with Crippen molar-refractivity contribution in [2.45, 2.75) is 79.1 Å². The molecule has 0 aromatic heterocycles. The lowest BCUT2D eigenvalue weighted by Crippen LogP contribution is -2.12. The van der Waals surface area contributed by atoms with Gasteiger partial charge in [-0.25, -0.2) is 0 Å². The monoisotopic (exact) mass is 256 g/mol. The molecule has 2 atom stereocenters. The normalized spacial score (nSPS) is 14.2. The van der Waals surface area contributed by atoms with Gasteiger partial charge < -0.3 is 4.74 Å². The van der Waals surface area contributed by atoms with Crippen molar-refractivity contribution in [3.63, 3.8) is 0 Å². The minimum atomic E-state index is -0.0415. The summed E-state index contributed by atoms with van der Waals surface area (Å²) < 4.78 is 4.98. The summed E-state index contributed by atoms with van der Waals surface area (Å²) in [4.78, 5) is 11.3. The molecule has 0 aliphatic carbocycles. The van der Waals surface area contributed by atoms with Crippen LogP contribution in [0.1, 0.15) is 79.1 Å². The molecule has 0 saturated heterocycles. The molecule has 0 spiro atoms. The summed E-state index contributed by atoms with van der Waals surface area (Å²) in [6.45, 7) is 9.08. The summed E-state index contributed by atoms with van der Waals surface area (Å²) in [5.41, 5.74) is 0. The second-order valence-electron chi connectivity index (χ2n) is 5.66. The van der Waals surface area contributed by atoms with Gasteiger partial charge in [0.05, 0.1) is 6.61 Å². The fourth-order valence-corrected chi connectivity index (χ4v) is 2.49. The van der Waals surface area contributed by atoms with Gasteiger partial charge in [0, 0.05) is 6.42 Å². The number of hydrogen-bond acceptors (Lipinski definition) is 2. The molecule has 0 rings (SSSR count). The minimum Gasteiger partial charge on any atom is -0.466 e. The summed E-state index contributed by atoms with van der Waals surface area (Å²) in [6, 6.07) is 0. The Morgan fingerprint density at radius 3 is 2.28 bits per heavy atom. The van der Waals surface area contributed by atoms with E-state index in [2.05, 4.69) is 20.8 Å². The van der Waals surface area contributed by atoms with Crippen LogP contribution in [0.4, 0.5) is 0 Å².